The maximum Gasteiger partial charge on any atom is 0.225 e. The molecule has 2 aromatic rings. The van der Waals surface area contributed by atoms with Crippen LogP contribution in [0.5, 0.6) is 0 Å². The Balaban J connectivity index is 2.71. The van der Waals surface area contributed by atoms with Crippen LogP contribution < -0.4 is 0 Å². The molecule has 0 aliphatic heterocycles. The lowest BCUT2D eigenvalue weighted by Crippen LogP contribution is -2.07. The van der Waals surface area contributed by atoms with Gasteiger partial charge in [-0.25, -0.2) is 13.4 Å². The summed E-state index contributed by atoms with van der Waals surface area (Å²) in [5.41, 5.74) is 0.702. The minimum atomic E-state index is -3.92. The zero-order valence-corrected chi connectivity index (χ0v) is 11.3. The molecule has 0 N–H and O–H groups in total. The standard InChI is InChI=1S/C14H9N3O2S/c1-10-5-6-14(17-9-10)20(18,19)13-4-2-3-11(7-15)12(13)8-16/h2-6,9H,1H3. The third-order valence-electron chi connectivity index (χ3n) is 2.71. The molecule has 0 aliphatic carbocycles. The lowest BCUT2D eigenvalue weighted by Gasteiger charge is -2.06. The van der Waals surface area contributed by atoms with Crippen LogP contribution in [0.15, 0.2) is 46.5 Å². The molecule has 0 atom stereocenters. The van der Waals surface area contributed by atoms with Crippen molar-refractivity contribution in [1.82, 2.24) is 4.98 Å². The first-order valence-electron chi connectivity index (χ1n) is 5.61. The van der Waals surface area contributed by atoms with Gasteiger partial charge in [0.05, 0.1) is 16.0 Å². The minimum Gasteiger partial charge on any atom is -0.244 e. The molecule has 0 amide bonds. The van der Waals surface area contributed by atoms with Gasteiger partial charge in [0.1, 0.15) is 12.1 Å². The fraction of sp³-hybridized carbons (Fsp3) is 0.0714. The fourth-order valence-electron chi connectivity index (χ4n) is 1.69. The van der Waals surface area contributed by atoms with E-state index >= 15 is 0 Å². The second kappa shape index (κ2) is 5.12. The molecule has 98 valence electrons. The number of nitriles is 2. The molecule has 0 fully saturated rings. The zero-order chi connectivity index (χ0) is 14.8. The van der Waals surface area contributed by atoms with Crippen molar-refractivity contribution in [1.29, 1.82) is 10.5 Å². The first kappa shape index (κ1) is 13.7. The number of rotatable bonds is 2. The first-order valence-corrected chi connectivity index (χ1v) is 7.10. The average Bonchev–Trinajstić information content (AvgIpc) is 2.46. The lowest BCUT2D eigenvalue weighted by atomic mass is 10.1. The number of pyridine rings is 1. The van der Waals surface area contributed by atoms with Crippen molar-refractivity contribution in [3.63, 3.8) is 0 Å². The minimum absolute atomic E-state index is 0.0284. The second-order valence-electron chi connectivity index (χ2n) is 4.08. The highest BCUT2D eigenvalue weighted by molar-refractivity contribution is 7.91. The highest BCUT2D eigenvalue weighted by Crippen LogP contribution is 2.24. The Kier molecular flexibility index (Phi) is 3.51. The maximum absolute atomic E-state index is 12.5. The second-order valence-corrected chi connectivity index (χ2v) is 5.94. The molecule has 0 saturated carbocycles. The van der Waals surface area contributed by atoms with Gasteiger partial charge in [0.25, 0.3) is 0 Å². The van der Waals surface area contributed by atoms with Gasteiger partial charge in [-0.15, -0.1) is 0 Å². The van der Waals surface area contributed by atoms with Crippen LogP contribution in [0.4, 0.5) is 0 Å². The van der Waals surface area contributed by atoms with Gasteiger partial charge in [-0.05, 0) is 30.7 Å². The molecule has 0 saturated heterocycles. The largest absolute Gasteiger partial charge is 0.244 e. The quantitative estimate of drug-likeness (QED) is 0.839. The summed E-state index contributed by atoms with van der Waals surface area (Å²) in [6, 6.07) is 10.7. The predicted molar refractivity (Wildman–Crippen MR) is 70.3 cm³/mol. The van der Waals surface area contributed by atoms with Gasteiger partial charge < -0.3 is 0 Å². The molecule has 0 aliphatic rings. The van der Waals surface area contributed by atoms with Crippen LogP contribution in [-0.2, 0) is 9.84 Å². The molecule has 0 spiro atoms. The zero-order valence-electron chi connectivity index (χ0n) is 10.5. The van der Waals surface area contributed by atoms with Crippen molar-refractivity contribution in [2.45, 2.75) is 16.8 Å². The number of nitrogens with zero attached hydrogens (tertiary/aromatic N) is 3. The number of hydrogen-bond donors (Lipinski definition) is 0. The van der Waals surface area contributed by atoms with E-state index in [9.17, 15) is 8.42 Å². The maximum atomic E-state index is 12.5. The van der Waals surface area contributed by atoms with Gasteiger partial charge in [-0.3, -0.25) is 0 Å². The van der Waals surface area contributed by atoms with E-state index in [1.165, 1.54) is 30.5 Å². The molecule has 2 rings (SSSR count). The summed E-state index contributed by atoms with van der Waals surface area (Å²) in [6.45, 7) is 1.79. The summed E-state index contributed by atoms with van der Waals surface area (Å²) in [4.78, 5) is 3.68. The van der Waals surface area contributed by atoms with Crippen LogP contribution in [-0.4, -0.2) is 13.4 Å². The average molecular weight is 283 g/mol. The predicted octanol–water partition coefficient (Wildman–Crippen LogP) is 1.97. The van der Waals surface area contributed by atoms with Gasteiger partial charge >= 0.3 is 0 Å². The summed E-state index contributed by atoms with van der Waals surface area (Å²) in [5, 5.41) is 17.9. The third kappa shape index (κ3) is 2.25. The van der Waals surface area contributed by atoms with E-state index in [4.69, 9.17) is 10.5 Å². The summed E-state index contributed by atoms with van der Waals surface area (Å²) in [7, 11) is -3.92. The van der Waals surface area contributed by atoms with Crippen LogP contribution in [0.3, 0.4) is 0 Å². The van der Waals surface area contributed by atoms with Crippen LogP contribution in [0.2, 0.25) is 0 Å². The van der Waals surface area contributed by atoms with Gasteiger partial charge in [0.2, 0.25) is 9.84 Å². The van der Waals surface area contributed by atoms with Gasteiger partial charge in [0.15, 0.2) is 5.03 Å². The van der Waals surface area contributed by atoms with Crippen LogP contribution in [0.1, 0.15) is 16.7 Å². The Morgan fingerprint density at radius 1 is 1.10 bits per heavy atom. The molecule has 0 radical (unpaired) electrons. The van der Waals surface area contributed by atoms with Crippen molar-refractivity contribution >= 4 is 9.84 Å². The lowest BCUT2D eigenvalue weighted by molar-refractivity contribution is 0.592. The smallest absolute Gasteiger partial charge is 0.225 e. The van der Waals surface area contributed by atoms with Crippen molar-refractivity contribution < 1.29 is 8.42 Å². The molecule has 0 unspecified atom stereocenters. The number of sulfone groups is 1. The number of benzene rings is 1. The number of aryl methyl sites for hydroxylation is 1. The SMILES string of the molecule is Cc1ccc(S(=O)(=O)c2cccc(C#N)c2C#N)nc1. The van der Waals surface area contributed by atoms with E-state index < -0.39 is 9.84 Å². The van der Waals surface area contributed by atoms with E-state index in [1.54, 1.807) is 19.1 Å². The van der Waals surface area contributed by atoms with E-state index in [0.717, 1.165) is 5.56 Å². The third-order valence-corrected chi connectivity index (χ3v) is 4.42. The van der Waals surface area contributed by atoms with Gasteiger partial charge in [-0.2, -0.15) is 10.5 Å². The van der Waals surface area contributed by atoms with Crippen molar-refractivity contribution in [2.24, 2.45) is 0 Å². The highest BCUT2D eigenvalue weighted by Gasteiger charge is 2.24. The molecule has 20 heavy (non-hydrogen) atoms. The molecular weight excluding hydrogens is 274 g/mol. The van der Waals surface area contributed by atoms with E-state index in [2.05, 4.69) is 4.98 Å². The Labute approximate surface area is 116 Å². The van der Waals surface area contributed by atoms with Crippen molar-refractivity contribution in [3.8, 4) is 12.1 Å². The van der Waals surface area contributed by atoms with Crippen molar-refractivity contribution in [2.75, 3.05) is 0 Å². The van der Waals surface area contributed by atoms with Gasteiger partial charge in [-0.1, -0.05) is 12.1 Å². The molecular formula is C14H9N3O2S. The highest BCUT2D eigenvalue weighted by atomic mass is 32.2. The van der Waals surface area contributed by atoms with E-state index in [0.29, 0.717) is 0 Å². The molecule has 1 aromatic heterocycles. The van der Waals surface area contributed by atoms with E-state index in [-0.39, 0.29) is 21.0 Å². The first-order chi connectivity index (χ1) is 9.50. The Morgan fingerprint density at radius 3 is 2.40 bits per heavy atom. The Hall–Kier alpha value is -2.70. The summed E-state index contributed by atoms with van der Waals surface area (Å²) < 4.78 is 24.9. The number of hydrogen-bond acceptors (Lipinski definition) is 5. The normalized spacial score (nSPS) is 10.6. The Morgan fingerprint density at radius 2 is 1.85 bits per heavy atom. The topological polar surface area (TPSA) is 94.6 Å². The molecule has 5 nitrogen and oxygen atoms in total. The summed E-state index contributed by atoms with van der Waals surface area (Å²) in [6.07, 6.45) is 1.44. The molecule has 6 heteroatoms. The van der Waals surface area contributed by atoms with Gasteiger partial charge in [0, 0.05) is 6.20 Å². The summed E-state index contributed by atoms with van der Waals surface area (Å²) in [5.74, 6) is 0. The van der Waals surface area contributed by atoms with Crippen molar-refractivity contribution in [3.05, 3.63) is 53.2 Å². The van der Waals surface area contributed by atoms with Crippen LogP contribution >= 0.6 is 0 Å². The van der Waals surface area contributed by atoms with Crippen LogP contribution in [0, 0.1) is 29.6 Å². The fourth-order valence-corrected chi connectivity index (χ4v) is 3.04. The Bertz CT molecular complexity index is 841. The summed E-state index contributed by atoms with van der Waals surface area (Å²) >= 11 is 0. The monoisotopic (exact) mass is 283 g/mol. The molecule has 0 bridgehead atoms. The molecule has 1 aromatic carbocycles. The van der Waals surface area contributed by atoms with Crippen LogP contribution in [0.25, 0.3) is 0 Å². The van der Waals surface area contributed by atoms with E-state index in [1.807, 2.05) is 6.07 Å². The number of aromatic nitrogens is 1. The molecule has 1 heterocycles.